The summed E-state index contributed by atoms with van der Waals surface area (Å²) in [5.74, 6) is 0.573. The summed E-state index contributed by atoms with van der Waals surface area (Å²) in [6.45, 7) is 6.27. The Bertz CT molecular complexity index is 839. The molecule has 0 atom stereocenters. The van der Waals surface area contributed by atoms with Crippen LogP contribution in [-0.2, 0) is 22.3 Å². The largest absolute Gasteiger partial charge is 0.352 e. The predicted octanol–water partition coefficient (Wildman–Crippen LogP) is 10.5. The van der Waals surface area contributed by atoms with E-state index in [0.29, 0.717) is 5.92 Å². The number of unbranched alkanes of at least 4 members (excludes halogenated alkanes) is 13. The molecule has 1 aromatic heterocycles. The smallest absolute Gasteiger partial charge is 0.157 e. The molecule has 0 unspecified atom stereocenters. The molecular weight excluding hydrogens is 478 g/mol. The third-order valence-electron chi connectivity index (χ3n) is 8.31. The third kappa shape index (κ3) is 13.5. The minimum absolute atomic E-state index is 0.0663. The van der Waals surface area contributed by atoms with Crippen LogP contribution >= 0.6 is 0 Å². The van der Waals surface area contributed by atoms with Crippen LogP contribution in [0.15, 0.2) is 42.6 Å². The number of rotatable bonds is 21. The molecule has 218 valence electrons. The number of aryl methyl sites for hydroxylation is 2. The number of hydrogen-bond acceptors (Lipinski definition) is 3. The SMILES string of the molecule is CCCCCCCCCC[C@H]1CO[C@H](CCc2ccc(-c3ccc(CCCCCCCCC)cc3)nc2)OC1. The number of hydrogen-bond donors (Lipinski definition) is 0. The van der Waals surface area contributed by atoms with Gasteiger partial charge in [0.15, 0.2) is 6.29 Å². The third-order valence-corrected chi connectivity index (χ3v) is 8.31. The maximum atomic E-state index is 6.05. The van der Waals surface area contributed by atoms with Crippen molar-refractivity contribution in [2.24, 2.45) is 5.92 Å². The molecule has 2 heterocycles. The lowest BCUT2D eigenvalue weighted by molar-refractivity contribution is -0.203. The lowest BCUT2D eigenvalue weighted by atomic mass is 10.0. The summed E-state index contributed by atoms with van der Waals surface area (Å²) in [7, 11) is 0. The Morgan fingerprint density at radius 1 is 0.590 bits per heavy atom. The van der Waals surface area contributed by atoms with Gasteiger partial charge in [-0.3, -0.25) is 4.98 Å². The van der Waals surface area contributed by atoms with Gasteiger partial charge in [0.05, 0.1) is 18.9 Å². The lowest BCUT2D eigenvalue weighted by Crippen LogP contribution is -2.32. The van der Waals surface area contributed by atoms with Gasteiger partial charge in [-0.05, 0) is 42.9 Å². The van der Waals surface area contributed by atoms with Gasteiger partial charge in [-0.2, -0.15) is 0 Å². The minimum Gasteiger partial charge on any atom is -0.352 e. The van der Waals surface area contributed by atoms with Crippen molar-refractivity contribution in [3.8, 4) is 11.3 Å². The van der Waals surface area contributed by atoms with E-state index in [9.17, 15) is 0 Å². The standard InChI is InChI=1S/C36H57NO2/c1-3-5-7-9-11-13-15-17-19-33-29-38-36(39-30-33)27-23-32-22-26-35(37-28-32)34-24-20-31(21-25-34)18-16-14-12-10-8-6-4-2/h20-22,24-26,28,33,36H,3-19,23,27,29-30H2,1-2H3/t33-,36-. The van der Waals surface area contributed by atoms with Crippen molar-refractivity contribution in [2.75, 3.05) is 13.2 Å². The summed E-state index contributed by atoms with van der Waals surface area (Å²) in [6.07, 6.45) is 26.8. The van der Waals surface area contributed by atoms with Crippen molar-refractivity contribution >= 4 is 0 Å². The monoisotopic (exact) mass is 535 g/mol. The van der Waals surface area contributed by atoms with Crippen molar-refractivity contribution in [1.82, 2.24) is 4.98 Å². The Hall–Kier alpha value is -1.71. The quantitative estimate of drug-likeness (QED) is 0.149. The van der Waals surface area contributed by atoms with Gasteiger partial charge in [0.2, 0.25) is 0 Å². The van der Waals surface area contributed by atoms with Crippen molar-refractivity contribution < 1.29 is 9.47 Å². The van der Waals surface area contributed by atoms with Gasteiger partial charge >= 0.3 is 0 Å². The molecule has 0 spiro atoms. The molecule has 0 saturated carbocycles. The Labute approximate surface area is 240 Å². The van der Waals surface area contributed by atoms with Crippen LogP contribution in [-0.4, -0.2) is 24.5 Å². The molecule has 3 heteroatoms. The van der Waals surface area contributed by atoms with E-state index in [-0.39, 0.29) is 6.29 Å². The predicted molar refractivity (Wildman–Crippen MR) is 166 cm³/mol. The normalized spacial score (nSPS) is 17.5. The molecule has 1 fully saturated rings. The fraction of sp³-hybridized carbons (Fsp3) is 0.694. The average molecular weight is 536 g/mol. The highest BCUT2D eigenvalue weighted by Crippen LogP contribution is 2.23. The molecule has 1 saturated heterocycles. The van der Waals surface area contributed by atoms with Crippen LogP contribution in [0, 0.1) is 5.92 Å². The van der Waals surface area contributed by atoms with E-state index in [0.717, 1.165) is 31.7 Å². The topological polar surface area (TPSA) is 31.4 Å². The number of aromatic nitrogens is 1. The van der Waals surface area contributed by atoms with E-state index in [1.54, 1.807) is 0 Å². The average Bonchev–Trinajstić information content (AvgIpc) is 2.98. The van der Waals surface area contributed by atoms with Crippen LogP contribution in [0.3, 0.4) is 0 Å². The Balaban J connectivity index is 1.26. The van der Waals surface area contributed by atoms with Crippen LogP contribution in [0.5, 0.6) is 0 Å². The molecule has 0 bridgehead atoms. The second-order valence-electron chi connectivity index (χ2n) is 11.9. The zero-order valence-electron chi connectivity index (χ0n) is 25.3. The van der Waals surface area contributed by atoms with Crippen LogP contribution < -0.4 is 0 Å². The first-order valence-corrected chi connectivity index (χ1v) is 16.6. The van der Waals surface area contributed by atoms with Gasteiger partial charge in [-0.25, -0.2) is 0 Å². The van der Waals surface area contributed by atoms with E-state index < -0.39 is 0 Å². The molecule has 0 amide bonds. The molecule has 0 N–H and O–H groups in total. The van der Waals surface area contributed by atoms with Crippen molar-refractivity contribution in [2.45, 2.75) is 142 Å². The molecule has 1 aliphatic heterocycles. The number of ether oxygens (including phenoxy) is 2. The van der Waals surface area contributed by atoms with E-state index >= 15 is 0 Å². The van der Waals surface area contributed by atoms with Crippen molar-refractivity contribution in [3.63, 3.8) is 0 Å². The van der Waals surface area contributed by atoms with E-state index in [4.69, 9.17) is 14.5 Å². The fourth-order valence-electron chi connectivity index (χ4n) is 5.64. The molecular formula is C36H57NO2. The molecule has 3 rings (SSSR count). The Morgan fingerprint density at radius 3 is 1.74 bits per heavy atom. The summed E-state index contributed by atoms with van der Waals surface area (Å²) in [6, 6.07) is 13.4. The van der Waals surface area contributed by atoms with Gasteiger partial charge in [-0.15, -0.1) is 0 Å². The number of nitrogens with zero attached hydrogens (tertiary/aromatic N) is 1. The lowest BCUT2D eigenvalue weighted by Gasteiger charge is -2.29. The molecule has 0 aliphatic carbocycles. The first kappa shape index (κ1) is 31.8. The van der Waals surface area contributed by atoms with E-state index in [1.807, 2.05) is 6.20 Å². The van der Waals surface area contributed by atoms with E-state index in [1.165, 1.54) is 126 Å². The summed E-state index contributed by atoms with van der Waals surface area (Å²) >= 11 is 0. The molecule has 1 aromatic carbocycles. The number of pyridine rings is 1. The Kier molecular flexibility index (Phi) is 16.5. The van der Waals surface area contributed by atoms with Gasteiger partial charge in [0.1, 0.15) is 0 Å². The second kappa shape index (κ2) is 20.2. The van der Waals surface area contributed by atoms with Gasteiger partial charge in [-0.1, -0.05) is 134 Å². The summed E-state index contributed by atoms with van der Waals surface area (Å²) in [5, 5.41) is 0. The van der Waals surface area contributed by atoms with Crippen molar-refractivity contribution in [3.05, 3.63) is 53.7 Å². The highest BCUT2D eigenvalue weighted by molar-refractivity contribution is 5.59. The zero-order chi connectivity index (χ0) is 27.4. The molecule has 2 aromatic rings. The summed E-state index contributed by atoms with van der Waals surface area (Å²) in [4.78, 5) is 4.75. The minimum atomic E-state index is -0.0663. The molecule has 39 heavy (non-hydrogen) atoms. The maximum Gasteiger partial charge on any atom is 0.157 e. The maximum absolute atomic E-state index is 6.05. The summed E-state index contributed by atoms with van der Waals surface area (Å²) < 4.78 is 12.1. The second-order valence-corrected chi connectivity index (χ2v) is 11.9. The van der Waals surface area contributed by atoms with Crippen LogP contribution in [0.25, 0.3) is 11.3 Å². The first-order chi connectivity index (χ1) is 19.3. The van der Waals surface area contributed by atoms with E-state index in [2.05, 4.69) is 50.2 Å². The first-order valence-electron chi connectivity index (χ1n) is 16.6. The zero-order valence-corrected chi connectivity index (χ0v) is 25.3. The number of benzene rings is 1. The van der Waals surface area contributed by atoms with Crippen LogP contribution in [0.1, 0.15) is 134 Å². The Morgan fingerprint density at radius 2 is 1.15 bits per heavy atom. The molecule has 0 radical (unpaired) electrons. The van der Waals surface area contributed by atoms with Gasteiger partial charge < -0.3 is 9.47 Å². The fourth-order valence-corrected chi connectivity index (χ4v) is 5.64. The van der Waals surface area contributed by atoms with Gasteiger partial charge in [0.25, 0.3) is 0 Å². The highest BCUT2D eigenvalue weighted by Gasteiger charge is 2.21. The molecule has 1 aliphatic rings. The van der Waals surface area contributed by atoms with Crippen molar-refractivity contribution in [1.29, 1.82) is 0 Å². The molecule has 3 nitrogen and oxygen atoms in total. The van der Waals surface area contributed by atoms with Gasteiger partial charge in [0, 0.05) is 24.1 Å². The van der Waals surface area contributed by atoms with Crippen LogP contribution in [0.2, 0.25) is 0 Å². The summed E-state index contributed by atoms with van der Waals surface area (Å²) in [5.41, 5.74) is 4.94. The highest BCUT2D eigenvalue weighted by atomic mass is 16.7. The van der Waals surface area contributed by atoms with Crippen LogP contribution in [0.4, 0.5) is 0 Å².